The van der Waals surface area contributed by atoms with Crippen LogP contribution < -0.4 is 5.32 Å². The summed E-state index contributed by atoms with van der Waals surface area (Å²) in [7, 11) is 0. The van der Waals surface area contributed by atoms with Crippen molar-refractivity contribution >= 4 is 44.1 Å². The number of aromatic nitrogens is 1. The first kappa shape index (κ1) is 11.6. The lowest BCUT2D eigenvalue weighted by Crippen LogP contribution is -1.87. The van der Waals surface area contributed by atoms with Crippen molar-refractivity contribution in [1.29, 1.82) is 0 Å². The van der Waals surface area contributed by atoms with Crippen LogP contribution in [0.1, 0.15) is 0 Å². The molecule has 0 fully saturated rings. The zero-order chi connectivity index (χ0) is 12.4. The summed E-state index contributed by atoms with van der Waals surface area (Å²) in [5.74, 6) is 0. The molecule has 2 nitrogen and oxygen atoms in total. The van der Waals surface area contributed by atoms with Crippen molar-refractivity contribution in [2.75, 3.05) is 11.6 Å². The van der Waals surface area contributed by atoms with Crippen LogP contribution in [0.3, 0.4) is 0 Å². The van der Waals surface area contributed by atoms with E-state index in [0.29, 0.717) is 0 Å². The molecule has 2 aromatic carbocycles. The number of nitrogens with one attached hydrogen (secondary N) is 1. The van der Waals surface area contributed by atoms with E-state index in [2.05, 4.69) is 34.8 Å². The molecule has 0 bridgehead atoms. The van der Waals surface area contributed by atoms with Crippen molar-refractivity contribution in [3.8, 4) is 0 Å². The normalized spacial score (nSPS) is 10.7. The lowest BCUT2D eigenvalue weighted by molar-refractivity contribution is 1.39. The van der Waals surface area contributed by atoms with Gasteiger partial charge in [0.15, 0.2) is 5.13 Å². The van der Waals surface area contributed by atoms with Crippen LogP contribution in [0.25, 0.3) is 10.2 Å². The summed E-state index contributed by atoms with van der Waals surface area (Å²) in [6, 6.07) is 16.4. The molecule has 90 valence electrons. The minimum Gasteiger partial charge on any atom is -0.332 e. The average molecular weight is 272 g/mol. The number of rotatable bonds is 3. The van der Waals surface area contributed by atoms with Gasteiger partial charge in [-0.1, -0.05) is 35.6 Å². The van der Waals surface area contributed by atoms with E-state index in [4.69, 9.17) is 0 Å². The molecule has 0 aliphatic rings. The Bertz CT molecular complexity index is 662. The molecule has 0 aliphatic carbocycles. The summed E-state index contributed by atoms with van der Waals surface area (Å²) < 4.78 is 1.22. The molecule has 0 spiro atoms. The van der Waals surface area contributed by atoms with Crippen LogP contribution in [0.2, 0.25) is 0 Å². The van der Waals surface area contributed by atoms with Crippen molar-refractivity contribution in [2.45, 2.75) is 4.90 Å². The maximum absolute atomic E-state index is 4.67. The molecule has 1 heterocycles. The van der Waals surface area contributed by atoms with E-state index in [1.165, 1.54) is 9.60 Å². The molecule has 3 rings (SSSR count). The predicted molar refractivity (Wildman–Crippen MR) is 81.1 cm³/mol. The second kappa shape index (κ2) is 5.00. The van der Waals surface area contributed by atoms with Gasteiger partial charge in [0, 0.05) is 10.6 Å². The Balaban J connectivity index is 1.99. The molecule has 4 heteroatoms. The van der Waals surface area contributed by atoms with E-state index < -0.39 is 0 Å². The maximum atomic E-state index is 4.67. The fourth-order valence-corrected chi connectivity index (χ4v) is 3.33. The fourth-order valence-electron chi connectivity index (χ4n) is 1.79. The van der Waals surface area contributed by atoms with Gasteiger partial charge in [0.1, 0.15) is 0 Å². The summed E-state index contributed by atoms with van der Waals surface area (Å²) in [5.41, 5.74) is 2.16. The first-order chi connectivity index (χ1) is 8.86. The number of benzene rings is 2. The lowest BCUT2D eigenvalue weighted by atomic mass is 10.3. The molecule has 0 saturated carbocycles. The first-order valence-corrected chi connectivity index (χ1v) is 7.66. The molecule has 1 aromatic heterocycles. The Morgan fingerprint density at radius 3 is 2.67 bits per heavy atom. The molecule has 3 aromatic rings. The van der Waals surface area contributed by atoms with E-state index in [1.807, 2.05) is 30.3 Å². The summed E-state index contributed by atoms with van der Waals surface area (Å²) in [5, 5.41) is 4.29. The van der Waals surface area contributed by atoms with Gasteiger partial charge in [0.05, 0.1) is 10.2 Å². The summed E-state index contributed by atoms with van der Waals surface area (Å²) in [4.78, 5) is 5.89. The molecule has 18 heavy (non-hydrogen) atoms. The highest BCUT2D eigenvalue weighted by Crippen LogP contribution is 2.33. The molecule has 0 aliphatic heterocycles. The van der Waals surface area contributed by atoms with E-state index in [1.54, 1.807) is 23.1 Å². The molecule has 0 atom stereocenters. The monoisotopic (exact) mass is 272 g/mol. The Morgan fingerprint density at radius 1 is 1.06 bits per heavy atom. The number of para-hydroxylation sites is 2. The number of anilines is 2. The number of hydrogen-bond acceptors (Lipinski definition) is 4. The van der Waals surface area contributed by atoms with Crippen molar-refractivity contribution in [1.82, 2.24) is 4.98 Å². The van der Waals surface area contributed by atoms with Gasteiger partial charge in [0.2, 0.25) is 0 Å². The molecule has 0 unspecified atom stereocenters. The first-order valence-electron chi connectivity index (χ1n) is 5.62. The summed E-state index contributed by atoms with van der Waals surface area (Å²) in [6.07, 6.45) is 2.08. The highest BCUT2D eigenvalue weighted by Gasteiger charge is 2.07. The standard InChI is InChI=1S/C14H12N2S2/c1-17-11-8-5-9-12-13(11)16-14(18-12)15-10-6-3-2-4-7-10/h2-9H,1H3,(H,15,16). The molecule has 0 radical (unpaired) electrons. The highest BCUT2D eigenvalue weighted by molar-refractivity contribution is 7.98. The van der Waals surface area contributed by atoms with Gasteiger partial charge in [-0.25, -0.2) is 4.98 Å². The van der Waals surface area contributed by atoms with Crippen LogP contribution in [0, 0.1) is 0 Å². The number of thiazole rings is 1. The number of thioether (sulfide) groups is 1. The van der Waals surface area contributed by atoms with Crippen molar-refractivity contribution in [2.24, 2.45) is 0 Å². The van der Waals surface area contributed by atoms with Crippen LogP contribution in [-0.4, -0.2) is 11.2 Å². The van der Waals surface area contributed by atoms with Gasteiger partial charge < -0.3 is 5.32 Å². The van der Waals surface area contributed by atoms with Crippen LogP contribution in [0.4, 0.5) is 10.8 Å². The summed E-state index contributed by atoms with van der Waals surface area (Å²) in [6.45, 7) is 0. The van der Waals surface area contributed by atoms with E-state index in [-0.39, 0.29) is 0 Å². The third kappa shape index (κ3) is 2.21. The second-order valence-corrected chi connectivity index (χ2v) is 5.70. The second-order valence-electron chi connectivity index (χ2n) is 3.82. The van der Waals surface area contributed by atoms with E-state index in [0.717, 1.165) is 16.3 Å². The molecular weight excluding hydrogens is 260 g/mol. The van der Waals surface area contributed by atoms with Crippen LogP contribution in [0.15, 0.2) is 53.4 Å². The van der Waals surface area contributed by atoms with Crippen molar-refractivity contribution < 1.29 is 0 Å². The number of hydrogen-bond donors (Lipinski definition) is 1. The van der Waals surface area contributed by atoms with E-state index >= 15 is 0 Å². The van der Waals surface area contributed by atoms with Crippen LogP contribution >= 0.6 is 23.1 Å². The third-order valence-corrected chi connectivity index (χ3v) is 4.33. The fraction of sp³-hybridized carbons (Fsp3) is 0.0714. The predicted octanol–water partition coefficient (Wildman–Crippen LogP) is 4.76. The molecule has 0 amide bonds. The van der Waals surface area contributed by atoms with Gasteiger partial charge in [-0.2, -0.15) is 0 Å². The zero-order valence-electron chi connectivity index (χ0n) is 9.88. The van der Waals surface area contributed by atoms with Gasteiger partial charge >= 0.3 is 0 Å². The largest absolute Gasteiger partial charge is 0.332 e. The van der Waals surface area contributed by atoms with Gasteiger partial charge in [-0.05, 0) is 30.5 Å². The summed E-state index contributed by atoms with van der Waals surface area (Å²) >= 11 is 3.42. The maximum Gasteiger partial charge on any atom is 0.188 e. The minimum atomic E-state index is 0.942. The van der Waals surface area contributed by atoms with E-state index in [9.17, 15) is 0 Å². The Kier molecular flexibility index (Phi) is 3.21. The number of nitrogens with zero attached hydrogens (tertiary/aromatic N) is 1. The third-order valence-electron chi connectivity index (χ3n) is 2.63. The Morgan fingerprint density at radius 2 is 1.89 bits per heavy atom. The average Bonchev–Trinajstić information content (AvgIpc) is 2.82. The lowest BCUT2D eigenvalue weighted by Gasteiger charge is -2.00. The Labute approximate surface area is 114 Å². The van der Waals surface area contributed by atoms with Crippen LogP contribution in [-0.2, 0) is 0 Å². The van der Waals surface area contributed by atoms with Crippen LogP contribution in [0.5, 0.6) is 0 Å². The molecule has 1 N–H and O–H groups in total. The topological polar surface area (TPSA) is 24.9 Å². The highest BCUT2D eigenvalue weighted by atomic mass is 32.2. The number of fused-ring (bicyclic) bond motifs is 1. The molecule has 0 saturated heterocycles. The van der Waals surface area contributed by atoms with Gasteiger partial charge in [0.25, 0.3) is 0 Å². The van der Waals surface area contributed by atoms with Gasteiger partial charge in [-0.3, -0.25) is 0 Å². The van der Waals surface area contributed by atoms with Gasteiger partial charge in [-0.15, -0.1) is 11.8 Å². The minimum absolute atomic E-state index is 0.942. The van der Waals surface area contributed by atoms with Crippen molar-refractivity contribution in [3.63, 3.8) is 0 Å². The SMILES string of the molecule is CSc1cccc2sc(Nc3ccccc3)nc12. The smallest absolute Gasteiger partial charge is 0.188 e. The van der Waals surface area contributed by atoms with Crippen molar-refractivity contribution in [3.05, 3.63) is 48.5 Å². The quantitative estimate of drug-likeness (QED) is 0.696. The molecular formula is C14H12N2S2. The zero-order valence-corrected chi connectivity index (χ0v) is 11.5. The Hall–Kier alpha value is -1.52.